The van der Waals surface area contributed by atoms with Crippen LogP contribution in [-0.2, 0) is 16.2 Å². The Labute approximate surface area is 169 Å². The molecule has 146 valence electrons. The minimum absolute atomic E-state index is 0.175. The van der Waals surface area contributed by atoms with E-state index < -0.39 is 0 Å². The van der Waals surface area contributed by atoms with Gasteiger partial charge in [-0.1, -0.05) is 54.1 Å². The molecule has 2 fully saturated rings. The van der Waals surface area contributed by atoms with Crippen molar-refractivity contribution in [1.29, 1.82) is 0 Å². The Morgan fingerprint density at radius 1 is 1.00 bits per heavy atom. The van der Waals surface area contributed by atoms with E-state index in [1.165, 1.54) is 5.56 Å². The van der Waals surface area contributed by atoms with E-state index in [2.05, 4.69) is 29.4 Å². The SMILES string of the molecule is Cc1ccc(COc2ccccc2C=NN2C(=O)C3C4C=CC(C4)C3C2=O)cc1. The first-order valence-electron chi connectivity index (χ1n) is 9.99. The van der Waals surface area contributed by atoms with Gasteiger partial charge in [-0.05, 0) is 42.9 Å². The number of carbonyl (C=O) groups excluding carboxylic acids is 2. The summed E-state index contributed by atoms with van der Waals surface area (Å²) in [5.74, 6) is 0.221. The molecule has 0 spiro atoms. The molecule has 2 aromatic rings. The lowest BCUT2D eigenvalue weighted by molar-refractivity contribution is -0.140. The number of nitrogens with zero attached hydrogens (tertiary/aromatic N) is 2. The summed E-state index contributed by atoms with van der Waals surface area (Å²) >= 11 is 0. The van der Waals surface area contributed by atoms with E-state index in [4.69, 9.17) is 4.74 Å². The molecule has 4 atom stereocenters. The van der Waals surface area contributed by atoms with Crippen molar-refractivity contribution >= 4 is 18.0 Å². The Kier molecular flexibility index (Phi) is 4.31. The minimum atomic E-state index is -0.234. The van der Waals surface area contributed by atoms with Gasteiger partial charge in [-0.2, -0.15) is 10.1 Å². The summed E-state index contributed by atoms with van der Waals surface area (Å²) in [6.07, 6.45) is 6.63. The molecule has 3 aliphatic rings. The van der Waals surface area contributed by atoms with Crippen LogP contribution < -0.4 is 4.74 Å². The largest absolute Gasteiger partial charge is 0.488 e. The average molecular weight is 386 g/mol. The predicted molar refractivity (Wildman–Crippen MR) is 109 cm³/mol. The molecule has 4 unspecified atom stereocenters. The number of rotatable bonds is 5. The Bertz CT molecular complexity index is 995. The van der Waals surface area contributed by atoms with Crippen LogP contribution in [0.4, 0.5) is 0 Å². The second-order valence-corrected chi connectivity index (χ2v) is 8.04. The quantitative estimate of drug-likeness (QED) is 0.447. The predicted octanol–water partition coefficient (Wildman–Crippen LogP) is 3.72. The van der Waals surface area contributed by atoms with Crippen LogP contribution in [0.5, 0.6) is 5.75 Å². The molecule has 1 saturated heterocycles. The molecule has 0 N–H and O–H groups in total. The molecule has 0 aromatic heterocycles. The van der Waals surface area contributed by atoms with Crippen LogP contribution in [0, 0.1) is 30.6 Å². The van der Waals surface area contributed by atoms with Crippen molar-refractivity contribution in [2.24, 2.45) is 28.8 Å². The monoisotopic (exact) mass is 386 g/mol. The van der Waals surface area contributed by atoms with Crippen molar-refractivity contribution in [3.8, 4) is 5.75 Å². The lowest BCUT2D eigenvalue weighted by atomic mass is 9.85. The number of carbonyl (C=O) groups is 2. The number of aryl methyl sites for hydroxylation is 1. The van der Waals surface area contributed by atoms with Gasteiger partial charge in [-0.15, -0.1) is 0 Å². The highest BCUT2D eigenvalue weighted by molar-refractivity contribution is 6.06. The van der Waals surface area contributed by atoms with Crippen LogP contribution in [0.2, 0.25) is 0 Å². The summed E-state index contributed by atoms with van der Waals surface area (Å²) in [6.45, 7) is 2.49. The van der Waals surface area contributed by atoms with Gasteiger partial charge in [0.15, 0.2) is 0 Å². The highest BCUT2D eigenvalue weighted by atomic mass is 16.5. The average Bonchev–Trinajstić information content (AvgIpc) is 3.41. The van der Waals surface area contributed by atoms with E-state index >= 15 is 0 Å². The second-order valence-electron chi connectivity index (χ2n) is 8.04. The number of benzene rings is 2. The summed E-state index contributed by atoms with van der Waals surface area (Å²) < 4.78 is 5.96. The zero-order valence-corrected chi connectivity index (χ0v) is 16.2. The van der Waals surface area contributed by atoms with Crippen molar-refractivity contribution in [2.75, 3.05) is 0 Å². The Morgan fingerprint density at radius 3 is 2.34 bits per heavy atom. The molecule has 1 saturated carbocycles. The van der Waals surface area contributed by atoms with E-state index in [-0.39, 0.29) is 35.5 Å². The molecular weight excluding hydrogens is 364 g/mol. The fourth-order valence-corrected chi connectivity index (χ4v) is 4.68. The summed E-state index contributed by atoms with van der Waals surface area (Å²) in [5.41, 5.74) is 3.01. The number of imide groups is 1. The third-order valence-corrected chi connectivity index (χ3v) is 6.19. The standard InChI is InChI=1S/C24H22N2O3/c1-15-6-8-16(9-7-15)14-29-20-5-3-2-4-19(20)13-25-26-23(27)21-17-10-11-18(12-17)22(21)24(26)28/h2-11,13,17-18,21-22H,12,14H2,1H3. The van der Waals surface area contributed by atoms with E-state index in [0.717, 1.165) is 22.6 Å². The van der Waals surface area contributed by atoms with Gasteiger partial charge in [0.2, 0.25) is 0 Å². The van der Waals surface area contributed by atoms with Crippen LogP contribution in [0.3, 0.4) is 0 Å². The topological polar surface area (TPSA) is 59.0 Å². The Hall–Kier alpha value is -3.21. The summed E-state index contributed by atoms with van der Waals surface area (Å²) in [7, 11) is 0. The number of hydrogen-bond acceptors (Lipinski definition) is 4. The molecule has 2 aliphatic carbocycles. The van der Waals surface area contributed by atoms with Crippen molar-refractivity contribution in [3.63, 3.8) is 0 Å². The number of ether oxygens (including phenoxy) is 1. The first-order chi connectivity index (χ1) is 14.1. The van der Waals surface area contributed by atoms with Crippen molar-refractivity contribution in [3.05, 3.63) is 77.4 Å². The normalized spacial score (nSPS) is 27.3. The first kappa shape index (κ1) is 17.9. The molecular formula is C24H22N2O3. The molecule has 0 radical (unpaired) electrons. The van der Waals surface area contributed by atoms with Crippen LogP contribution in [0.15, 0.2) is 65.8 Å². The van der Waals surface area contributed by atoms with E-state index in [1.54, 1.807) is 6.21 Å². The first-order valence-corrected chi connectivity index (χ1v) is 9.99. The summed E-state index contributed by atoms with van der Waals surface area (Å²) in [4.78, 5) is 25.5. The Balaban J connectivity index is 1.32. The smallest absolute Gasteiger partial charge is 0.254 e. The lowest BCUT2D eigenvalue weighted by Crippen LogP contribution is -2.28. The maximum atomic E-state index is 12.8. The maximum Gasteiger partial charge on any atom is 0.254 e. The van der Waals surface area contributed by atoms with Gasteiger partial charge < -0.3 is 4.74 Å². The number of para-hydroxylation sites is 1. The Morgan fingerprint density at radius 2 is 1.66 bits per heavy atom. The van der Waals surface area contributed by atoms with E-state index in [0.29, 0.717) is 12.4 Å². The third kappa shape index (κ3) is 3.07. The molecule has 1 heterocycles. The van der Waals surface area contributed by atoms with Crippen LogP contribution in [0.1, 0.15) is 23.1 Å². The summed E-state index contributed by atoms with van der Waals surface area (Å²) in [6, 6.07) is 15.7. The molecule has 5 nitrogen and oxygen atoms in total. The molecule has 2 aromatic carbocycles. The number of amides is 2. The molecule has 5 rings (SSSR count). The molecule has 5 heteroatoms. The van der Waals surface area contributed by atoms with Crippen LogP contribution >= 0.6 is 0 Å². The third-order valence-electron chi connectivity index (χ3n) is 6.19. The summed E-state index contributed by atoms with van der Waals surface area (Å²) in [5, 5.41) is 5.33. The molecule has 2 amide bonds. The zero-order chi connectivity index (χ0) is 20.0. The number of hydrogen-bond donors (Lipinski definition) is 0. The number of hydrazone groups is 1. The van der Waals surface area contributed by atoms with Gasteiger partial charge in [0.05, 0.1) is 18.1 Å². The lowest BCUT2D eigenvalue weighted by Gasteiger charge is -2.13. The fourth-order valence-electron chi connectivity index (χ4n) is 4.68. The number of fused-ring (bicyclic) bond motifs is 5. The van der Waals surface area contributed by atoms with Crippen molar-refractivity contribution in [2.45, 2.75) is 20.0 Å². The van der Waals surface area contributed by atoms with E-state index in [9.17, 15) is 9.59 Å². The maximum absolute atomic E-state index is 12.8. The van der Waals surface area contributed by atoms with Gasteiger partial charge in [0, 0.05) is 5.56 Å². The van der Waals surface area contributed by atoms with Crippen molar-refractivity contribution in [1.82, 2.24) is 5.01 Å². The minimum Gasteiger partial charge on any atom is -0.488 e. The fraction of sp³-hybridized carbons (Fsp3) is 0.292. The molecule has 29 heavy (non-hydrogen) atoms. The van der Waals surface area contributed by atoms with Gasteiger partial charge >= 0.3 is 0 Å². The van der Waals surface area contributed by atoms with Crippen LogP contribution in [-0.4, -0.2) is 23.0 Å². The van der Waals surface area contributed by atoms with Gasteiger partial charge in [0.25, 0.3) is 11.8 Å². The van der Waals surface area contributed by atoms with Crippen LogP contribution in [0.25, 0.3) is 0 Å². The highest BCUT2D eigenvalue weighted by Gasteiger charge is 2.59. The van der Waals surface area contributed by atoms with Gasteiger partial charge in [-0.25, -0.2) is 0 Å². The number of allylic oxidation sites excluding steroid dienone is 2. The second kappa shape index (κ2) is 6.99. The van der Waals surface area contributed by atoms with Gasteiger partial charge in [0.1, 0.15) is 12.4 Å². The molecule has 2 bridgehead atoms. The van der Waals surface area contributed by atoms with Crippen molar-refractivity contribution < 1.29 is 14.3 Å². The zero-order valence-electron chi connectivity index (χ0n) is 16.2. The molecule has 1 aliphatic heterocycles. The highest BCUT2D eigenvalue weighted by Crippen LogP contribution is 2.52. The van der Waals surface area contributed by atoms with E-state index in [1.807, 2.05) is 43.3 Å². The van der Waals surface area contributed by atoms with Gasteiger partial charge in [-0.3, -0.25) is 9.59 Å².